The average molecular weight is 998 g/mol. The lowest BCUT2D eigenvalue weighted by molar-refractivity contribution is 1.62. The summed E-state index contributed by atoms with van der Waals surface area (Å²) >= 11 is 21.9. The lowest BCUT2D eigenvalue weighted by Gasteiger charge is -1.97. The SMILES string of the molecule is Cc1cc(I)c(-c2sc3c(sc4cc5c(cc43)sc3c(I)c(-c4sc(C)cc4I)sc35)c2I)s1. The van der Waals surface area contributed by atoms with Crippen LogP contribution >= 0.6 is 158 Å². The molecule has 0 saturated heterocycles. The van der Waals surface area contributed by atoms with E-state index in [4.69, 9.17) is 0 Å². The Morgan fingerprint density at radius 2 is 0.882 bits per heavy atom. The van der Waals surface area contributed by atoms with Gasteiger partial charge in [0.1, 0.15) is 0 Å². The second kappa shape index (κ2) is 8.96. The van der Waals surface area contributed by atoms with E-state index < -0.39 is 0 Å². The minimum Gasteiger partial charge on any atom is -0.139 e. The van der Waals surface area contributed by atoms with Crippen molar-refractivity contribution in [2.45, 2.75) is 13.8 Å². The van der Waals surface area contributed by atoms with Gasteiger partial charge in [-0.2, -0.15) is 0 Å². The molecule has 0 radical (unpaired) electrons. The molecule has 0 bridgehead atoms. The molecule has 7 aromatic rings. The first kappa shape index (κ1) is 24.4. The van der Waals surface area contributed by atoms with Gasteiger partial charge >= 0.3 is 0 Å². The molecule has 0 unspecified atom stereocenters. The lowest BCUT2D eigenvalue weighted by Crippen LogP contribution is -1.72. The summed E-state index contributed by atoms with van der Waals surface area (Å²) in [6.45, 7) is 4.42. The minimum absolute atomic E-state index is 1.37. The second-order valence-electron chi connectivity index (χ2n) is 7.92. The van der Waals surface area contributed by atoms with Crippen LogP contribution in [0.15, 0.2) is 24.3 Å². The standard InChI is InChI=1S/C24H10I4S6/c1-7-3-11(25)19(29-7)23-15(27)21-17(33-23)9-5-14-10(6-13(9)31-21)18-22(32-14)16(28)24(34-18)20-12(26)4-8(2)30-20/h3-6H,1-2H3. The molecule has 0 aliphatic rings. The molecule has 34 heavy (non-hydrogen) atoms. The van der Waals surface area contributed by atoms with Gasteiger partial charge in [0, 0.05) is 37.1 Å². The van der Waals surface area contributed by atoms with Crippen LogP contribution in [0.25, 0.3) is 58.5 Å². The van der Waals surface area contributed by atoms with E-state index in [-0.39, 0.29) is 0 Å². The Hall–Kier alpha value is 1.38. The van der Waals surface area contributed by atoms with Crippen molar-refractivity contribution in [2.24, 2.45) is 0 Å². The number of rotatable bonds is 2. The highest BCUT2D eigenvalue weighted by molar-refractivity contribution is 14.1. The molecule has 6 heterocycles. The van der Waals surface area contributed by atoms with Crippen LogP contribution in [0.2, 0.25) is 0 Å². The molecule has 6 aromatic heterocycles. The Morgan fingerprint density at radius 3 is 1.24 bits per heavy atom. The number of thiophene rings is 6. The fourth-order valence-electron chi connectivity index (χ4n) is 4.20. The Labute approximate surface area is 274 Å². The summed E-state index contributed by atoms with van der Waals surface area (Å²) in [7, 11) is 0. The molecule has 0 aliphatic heterocycles. The van der Waals surface area contributed by atoms with Crippen molar-refractivity contribution in [3.05, 3.63) is 48.3 Å². The number of benzene rings is 1. The number of aryl methyl sites for hydroxylation is 2. The smallest absolute Gasteiger partial charge is 0.0608 e. The van der Waals surface area contributed by atoms with Gasteiger partial charge in [-0.15, -0.1) is 68.0 Å². The molecule has 0 atom stereocenters. The highest BCUT2D eigenvalue weighted by Crippen LogP contribution is 2.53. The van der Waals surface area contributed by atoms with Gasteiger partial charge in [-0.05, 0) is 128 Å². The number of hydrogen-bond acceptors (Lipinski definition) is 6. The number of halogens is 4. The fraction of sp³-hybridized carbons (Fsp3) is 0.0833. The van der Waals surface area contributed by atoms with Crippen LogP contribution in [-0.4, -0.2) is 0 Å². The van der Waals surface area contributed by atoms with E-state index in [0.717, 1.165) is 0 Å². The molecule has 10 heteroatoms. The molecule has 0 amide bonds. The van der Waals surface area contributed by atoms with Crippen molar-refractivity contribution in [3.8, 4) is 19.5 Å². The third kappa shape index (κ3) is 3.69. The van der Waals surface area contributed by atoms with Gasteiger partial charge in [-0.3, -0.25) is 0 Å². The van der Waals surface area contributed by atoms with E-state index in [1.54, 1.807) is 0 Å². The van der Waals surface area contributed by atoms with Gasteiger partial charge in [-0.1, -0.05) is 0 Å². The zero-order valence-corrected chi connectivity index (χ0v) is 30.8. The van der Waals surface area contributed by atoms with E-state index in [1.807, 2.05) is 68.0 Å². The summed E-state index contributed by atoms with van der Waals surface area (Å²) in [6, 6.07) is 9.55. The van der Waals surface area contributed by atoms with Gasteiger partial charge in [0.25, 0.3) is 0 Å². The quantitative estimate of drug-likeness (QED) is 0.151. The summed E-state index contributed by atoms with van der Waals surface area (Å²) in [5.74, 6) is 0. The van der Waals surface area contributed by atoms with Gasteiger partial charge in [0.15, 0.2) is 0 Å². The molecule has 0 spiro atoms. The maximum atomic E-state index is 2.58. The van der Waals surface area contributed by atoms with Gasteiger partial charge < -0.3 is 0 Å². The van der Waals surface area contributed by atoms with Gasteiger partial charge in [-0.25, -0.2) is 0 Å². The summed E-state index contributed by atoms with van der Waals surface area (Å²) in [6.07, 6.45) is 0. The molecule has 7 rings (SSSR count). The highest BCUT2D eigenvalue weighted by Gasteiger charge is 2.23. The largest absolute Gasteiger partial charge is 0.139 e. The predicted octanol–water partition coefficient (Wildman–Crippen LogP) is 13.0. The van der Waals surface area contributed by atoms with Crippen molar-refractivity contribution >= 4 is 197 Å². The molecular weight excluding hydrogens is 988 g/mol. The Morgan fingerprint density at radius 1 is 0.471 bits per heavy atom. The molecule has 0 aliphatic carbocycles. The van der Waals surface area contributed by atoms with E-state index in [1.165, 1.54) is 82.5 Å². The molecule has 0 saturated carbocycles. The maximum absolute atomic E-state index is 2.58. The van der Waals surface area contributed by atoms with Gasteiger partial charge in [0.2, 0.25) is 0 Å². The van der Waals surface area contributed by atoms with Crippen molar-refractivity contribution < 1.29 is 0 Å². The van der Waals surface area contributed by atoms with E-state index in [0.29, 0.717) is 0 Å². The van der Waals surface area contributed by atoms with Crippen LogP contribution < -0.4 is 0 Å². The molecule has 170 valence electrons. The van der Waals surface area contributed by atoms with Crippen molar-refractivity contribution in [2.75, 3.05) is 0 Å². The average Bonchev–Trinajstić information content (AvgIpc) is 3.59. The maximum Gasteiger partial charge on any atom is 0.0608 e. The first-order valence-electron chi connectivity index (χ1n) is 10.0. The number of fused-ring (bicyclic) bond motifs is 6. The van der Waals surface area contributed by atoms with Crippen molar-refractivity contribution in [1.82, 2.24) is 0 Å². The van der Waals surface area contributed by atoms with E-state index in [9.17, 15) is 0 Å². The second-order valence-corrected chi connectivity index (χ2v) is 19.1. The van der Waals surface area contributed by atoms with Crippen LogP contribution in [0.4, 0.5) is 0 Å². The summed E-state index contributed by atoms with van der Waals surface area (Å²) < 4.78 is 14.2. The molecule has 0 N–H and O–H groups in total. The summed E-state index contributed by atoms with van der Waals surface area (Å²) in [4.78, 5) is 8.53. The van der Waals surface area contributed by atoms with Crippen LogP contribution in [0.1, 0.15) is 9.75 Å². The normalized spacial score (nSPS) is 12.4. The van der Waals surface area contributed by atoms with E-state index in [2.05, 4.69) is 128 Å². The molecule has 0 fully saturated rings. The Kier molecular flexibility index (Phi) is 6.44. The predicted molar refractivity (Wildman–Crippen MR) is 195 cm³/mol. The van der Waals surface area contributed by atoms with Crippen LogP contribution in [0.5, 0.6) is 0 Å². The first-order valence-corrected chi connectivity index (χ1v) is 19.2. The first-order chi connectivity index (χ1) is 16.3. The van der Waals surface area contributed by atoms with Crippen molar-refractivity contribution in [3.63, 3.8) is 0 Å². The zero-order valence-electron chi connectivity index (χ0n) is 17.3. The Bertz CT molecular complexity index is 1800. The zero-order chi connectivity index (χ0) is 23.5. The topological polar surface area (TPSA) is 0 Å². The molecule has 1 aromatic carbocycles. The minimum atomic E-state index is 1.37. The van der Waals surface area contributed by atoms with Crippen LogP contribution in [0, 0.1) is 28.1 Å². The fourth-order valence-corrected chi connectivity index (χ4v) is 17.5. The monoisotopic (exact) mass is 998 g/mol. The molecular formula is C24H10I4S6. The highest BCUT2D eigenvalue weighted by atomic mass is 127. The molecule has 0 nitrogen and oxygen atoms in total. The lowest BCUT2D eigenvalue weighted by atomic mass is 10.2. The Balaban J connectivity index is 1.46. The van der Waals surface area contributed by atoms with E-state index >= 15 is 0 Å². The summed E-state index contributed by atoms with van der Waals surface area (Å²) in [5, 5.41) is 2.86. The van der Waals surface area contributed by atoms with Crippen LogP contribution in [0.3, 0.4) is 0 Å². The van der Waals surface area contributed by atoms with Crippen LogP contribution in [-0.2, 0) is 0 Å². The number of hydrogen-bond donors (Lipinski definition) is 0. The summed E-state index contributed by atoms with van der Waals surface area (Å²) in [5.41, 5.74) is 0. The third-order valence-corrected chi connectivity index (χ3v) is 19.2. The van der Waals surface area contributed by atoms with Gasteiger partial charge in [0.05, 0.1) is 45.4 Å². The van der Waals surface area contributed by atoms with Crippen molar-refractivity contribution in [1.29, 1.82) is 0 Å². The third-order valence-electron chi connectivity index (χ3n) is 5.65.